The van der Waals surface area contributed by atoms with E-state index < -0.39 is 0 Å². The number of fused-ring (bicyclic) bond motifs is 2. The van der Waals surface area contributed by atoms with E-state index in [4.69, 9.17) is 38.5 Å². The number of hydrogen-bond donors (Lipinski definition) is 0. The summed E-state index contributed by atoms with van der Waals surface area (Å²) in [6, 6.07) is 66.2. The number of aromatic nitrogens is 2. The Morgan fingerprint density at radius 2 is 0.750 bits per heavy atom. The number of para-hydroxylation sites is 4. The molecule has 0 N–H and O–H groups in total. The number of benzene rings is 8. The van der Waals surface area contributed by atoms with Gasteiger partial charge in [-0.2, -0.15) is 10.2 Å². The Bertz CT molecular complexity index is 3170. The van der Waals surface area contributed by atoms with Crippen LogP contribution in [0.4, 0.5) is 11.4 Å². The average Bonchev–Trinajstić information content (AvgIpc) is 4.24. The zero-order valence-corrected chi connectivity index (χ0v) is 37.4. The first kappa shape index (κ1) is 40.7. The number of hydrogen-bond acceptors (Lipinski definition) is 10. The van der Waals surface area contributed by atoms with E-state index in [-0.39, 0.29) is 12.1 Å². The molecule has 10 aromatic rings. The van der Waals surface area contributed by atoms with Crippen molar-refractivity contribution < 1.29 is 18.3 Å². The van der Waals surface area contributed by atoms with Gasteiger partial charge < -0.3 is 18.3 Å². The summed E-state index contributed by atoms with van der Waals surface area (Å²) in [5.41, 5.74) is 15.8. The van der Waals surface area contributed by atoms with E-state index in [9.17, 15) is 0 Å². The van der Waals surface area contributed by atoms with Crippen LogP contribution >= 0.6 is 0 Å². The minimum Gasteiger partial charge on any atom is -0.497 e. The monoisotopic (exact) mass is 888 g/mol. The summed E-state index contributed by atoms with van der Waals surface area (Å²) in [5, 5.41) is 14.8. The molecule has 4 heterocycles. The molecular formula is C58H44N6O4. The predicted octanol–water partition coefficient (Wildman–Crippen LogP) is 13.7. The lowest BCUT2D eigenvalue weighted by atomic mass is 9.95. The van der Waals surface area contributed by atoms with Crippen LogP contribution in [0.25, 0.3) is 56.2 Å². The van der Waals surface area contributed by atoms with E-state index in [2.05, 4.69) is 131 Å². The SMILES string of the molecule is COc1ccc(C2CC(c3ccc(-c4ccc(C5=NN(c6ccc(-c7nc8ccccc8o7)cc6)C(c6ccc(OC)cc6)C5)cc4)cc3)=NN2c2ccc(-c3nc4ccccc4o3)cc2)cc1. The number of anilines is 2. The van der Waals surface area contributed by atoms with Gasteiger partial charge in [-0.1, -0.05) is 97.1 Å². The van der Waals surface area contributed by atoms with Crippen LogP contribution in [0.2, 0.25) is 0 Å². The molecule has 0 spiro atoms. The number of ether oxygens (including phenoxy) is 2. The first-order valence-corrected chi connectivity index (χ1v) is 22.7. The Hall–Kier alpha value is -8.76. The number of hydrazone groups is 2. The molecular weight excluding hydrogens is 845 g/mol. The smallest absolute Gasteiger partial charge is 0.227 e. The maximum absolute atomic E-state index is 6.06. The molecule has 0 amide bonds. The molecule has 0 bridgehead atoms. The highest BCUT2D eigenvalue weighted by molar-refractivity contribution is 6.04. The van der Waals surface area contributed by atoms with E-state index in [1.54, 1.807) is 14.2 Å². The fourth-order valence-corrected chi connectivity index (χ4v) is 9.23. The van der Waals surface area contributed by atoms with Crippen molar-refractivity contribution in [2.75, 3.05) is 24.2 Å². The van der Waals surface area contributed by atoms with Crippen molar-refractivity contribution in [1.82, 2.24) is 9.97 Å². The molecule has 330 valence electrons. The van der Waals surface area contributed by atoms with Crippen LogP contribution in [0.3, 0.4) is 0 Å². The Kier molecular flexibility index (Phi) is 10.3. The lowest BCUT2D eigenvalue weighted by molar-refractivity contribution is 0.414. The first-order chi connectivity index (χ1) is 33.5. The molecule has 0 radical (unpaired) electrons. The van der Waals surface area contributed by atoms with Crippen LogP contribution in [-0.4, -0.2) is 35.6 Å². The van der Waals surface area contributed by atoms with Crippen molar-refractivity contribution in [3.63, 3.8) is 0 Å². The summed E-state index contributed by atoms with van der Waals surface area (Å²) in [7, 11) is 3.38. The molecule has 2 aliphatic rings. The highest BCUT2D eigenvalue weighted by Crippen LogP contribution is 2.41. The third-order valence-corrected chi connectivity index (χ3v) is 12.9. The maximum atomic E-state index is 6.06. The highest BCUT2D eigenvalue weighted by Gasteiger charge is 2.32. The molecule has 2 aliphatic heterocycles. The quantitative estimate of drug-likeness (QED) is 0.127. The molecule has 0 saturated carbocycles. The van der Waals surface area contributed by atoms with Crippen molar-refractivity contribution in [3.05, 3.63) is 216 Å². The minimum absolute atomic E-state index is 0.00336. The minimum atomic E-state index is -0.00336. The van der Waals surface area contributed by atoms with Gasteiger partial charge >= 0.3 is 0 Å². The summed E-state index contributed by atoms with van der Waals surface area (Å²) in [6.45, 7) is 0. The van der Waals surface area contributed by atoms with E-state index in [0.29, 0.717) is 11.8 Å². The molecule has 0 fully saturated rings. The van der Waals surface area contributed by atoms with Gasteiger partial charge in [-0.05, 0) is 130 Å². The molecule has 0 saturated heterocycles. The number of nitrogens with zero attached hydrogens (tertiary/aromatic N) is 6. The molecule has 10 heteroatoms. The van der Waals surface area contributed by atoms with Crippen molar-refractivity contribution in [2.45, 2.75) is 24.9 Å². The van der Waals surface area contributed by atoms with Crippen molar-refractivity contribution in [3.8, 4) is 45.5 Å². The van der Waals surface area contributed by atoms with Crippen molar-refractivity contribution >= 4 is 45.0 Å². The standard InChI is InChI=1S/C58H44N6O4/c1-65-47-31-23-41(24-32-47)53-35-51(61-63(53)45-27-19-43(20-28-45)57-59-49-7-3-5-9-55(49)67-57)39-15-11-37(12-16-39)38-13-17-40(18-14-38)52-36-54(42-25-33-48(66-2)34-26-42)64(62-52)46-29-21-44(22-30-46)58-60-50-8-4-6-10-56(50)68-58/h3-34,53-54H,35-36H2,1-2H3. The van der Waals surface area contributed by atoms with E-state index in [0.717, 1.165) is 114 Å². The Balaban J connectivity index is 0.793. The second-order valence-corrected chi connectivity index (χ2v) is 17.0. The van der Waals surface area contributed by atoms with Crippen LogP contribution in [0.15, 0.2) is 213 Å². The second kappa shape index (κ2) is 17.2. The lowest BCUT2D eigenvalue weighted by Gasteiger charge is -2.24. The summed E-state index contributed by atoms with van der Waals surface area (Å²) in [5.74, 6) is 2.83. The second-order valence-electron chi connectivity index (χ2n) is 17.0. The molecule has 12 rings (SSSR count). The van der Waals surface area contributed by atoms with Gasteiger partial charge in [0.2, 0.25) is 11.8 Å². The Labute approximate surface area is 393 Å². The van der Waals surface area contributed by atoms with Gasteiger partial charge in [-0.15, -0.1) is 0 Å². The average molecular weight is 889 g/mol. The van der Waals surface area contributed by atoms with Gasteiger partial charge in [-0.3, -0.25) is 10.0 Å². The maximum Gasteiger partial charge on any atom is 0.227 e. The Morgan fingerprint density at radius 3 is 1.12 bits per heavy atom. The fraction of sp³-hybridized carbons (Fsp3) is 0.103. The third kappa shape index (κ3) is 7.71. The van der Waals surface area contributed by atoms with Crippen LogP contribution in [0.5, 0.6) is 11.5 Å². The van der Waals surface area contributed by atoms with Gasteiger partial charge in [0.25, 0.3) is 0 Å². The largest absolute Gasteiger partial charge is 0.497 e. The predicted molar refractivity (Wildman–Crippen MR) is 270 cm³/mol. The van der Waals surface area contributed by atoms with Gasteiger partial charge in [-0.25, -0.2) is 9.97 Å². The van der Waals surface area contributed by atoms with E-state index in [1.807, 2.05) is 72.8 Å². The van der Waals surface area contributed by atoms with Gasteiger partial charge in [0.15, 0.2) is 11.2 Å². The molecule has 68 heavy (non-hydrogen) atoms. The van der Waals surface area contributed by atoms with Crippen LogP contribution in [0, 0.1) is 0 Å². The summed E-state index contributed by atoms with van der Waals surface area (Å²) in [4.78, 5) is 9.41. The normalized spacial score (nSPS) is 15.8. The number of rotatable bonds is 11. The van der Waals surface area contributed by atoms with Crippen molar-refractivity contribution in [2.24, 2.45) is 10.2 Å². The first-order valence-electron chi connectivity index (χ1n) is 22.7. The lowest BCUT2D eigenvalue weighted by Crippen LogP contribution is -2.18. The number of oxazole rings is 2. The molecule has 2 aromatic heterocycles. The van der Waals surface area contributed by atoms with E-state index >= 15 is 0 Å². The summed E-state index contributed by atoms with van der Waals surface area (Å²) < 4.78 is 23.1. The zero-order chi connectivity index (χ0) is 45.6. The molecule has 10 nitrogen and oxygen atoms in total. The molecule has 8 aromatic carbocycles. The van der Waals surface area contributed by atoms with Crippen LogP contribution < -0.4 is 19.5 Å². The summed E-state index contributed by atoms with van der Waals surface area (Å²) in [6.07, 6.45) is 1.49. The van der Waals surface area contributed by atoms with Gasteiger partial charge in [0.1, 0.15) is 22.5 Å². The fourth-order valence-electron chi connectivity index (χ4n) is 9.23. The summed E-state index contributed by atoms with van der Waals surface area (Å²) >= 11 is 0. The molecule has 2 unspecified atom stereocenters. The Morgan fingerprint density at radius 1 is 0.397 bits per heavy atom. The van der Waals surface area contributed by atoms with Crippen LogP contribution in [-0.2, 0) is 0 Å². The third-order valence-electron chi connectivity index (χ3n) is 12.9. The van der Waals surface area contributed by atoms with Gasteiger partial charge in [0, 0.05) is 24.0 Å². The number of methoxy groups -OCH3 is 2. The topological polar surface area (TPSA) is 102 Å². The molecule has 2 atom stereocenters. The van der Waals surface area contributed by atoms with E-state index in [1.165, 1.54) is 0 Å². The van der Waals surface area contributed by atoms with Crippen molar-refractivity contribution in [1.29, 1.82) is 0 Å². The highest BCUT2D eigenvalue weighted by atomic mass is 16.5. The van der Waals surface area contributed by atoms with Crippen LogP contribution in [0.1, 0.15) is 47.2 Å². The molecule has 0 aliphatic carbocycles. The zero-order valence-electron chi connectivity index (χ0n) is 37.4. The van der Waals surface area contributed by atoms with Gasteiger partial charge in [0.05, 0.1) is 49.1 Å².